The number of benzene rings is 2. The summed E-state index contributed by atoms with van der Waals surface area (Å²) < 4.78 is 38.8. The van der Waals surface area contributed by atoms with Gasteiger partial charge in [-0.2, -0.15) is 13.2 Å². The molecule has 1 nitrogen and oxygen atoms in total. The highest BCUT2D eigenvalue weighted by Crippen LogP contribution is 2.38. The molecule has 0 aliphatic carbocycles. The number of hydrogen-bond acceptors (Lipinski definition) is 2. The molecule has 0 aliphatic rings. The standard InChI is InChI=1S/C14H11ClF3NS/c15-10-3-1-9(2-4-10)8-20-13-6-5-11(19)7-12(13)14(16,17)18/h1-7H,8,19H2. The van der Waals surface area contributed by atoms with E-state index < -0.39 is 11.7 Å². The highest BCUT2D eigenvalue weighted by molar-refractivity contribution is 7.98. The Labute approximate surface area is 123 Å². The average Bonchev–Trinajstić information content (AvgIpc) is 2.38. The zero-order valence-electron chi connectivity index (χ0n) is 10.2. The minimum absolute atomic E-state index is 0.105. The van der Waals surface area contributed by atoms with Crippen LogP contribution in [0.4, 0.5) is 18.9 Å². The molecule has 0 saturated carbocycles. The summed E-state index contributed by atoms with van der Waals surface area (Å²) >= 11 is 6.88. The Morgan fingerprint density at radius 3 is 2.30 bits per heavy atom. The van der Waals surface area contributed by atoms with Crippen molar-refractivity contribution in [3.8, 4) is 0 Å². The second-order valence-electron chi connectivity index (χ2n) is 4.17. The topological polar surface area (TPSA) is 26.0 Å². The highest BCUT2D eigenvalue weighted by Gasteiger charge is 2.33. The fraction of sp³-hybridized carbons (Fsp3) is 0.143. The van der Waals surface area contributed by atoms with Crippen molar-refractivity contribution in [2.24, 2.45) is 0 Å². The lowest BCUT2D eigenvalue weighted by Crippen LogP contribution is -2.07. The van der Waals surface area contributed by atoms with Crippen LogP contribution in [0.3, 0.4) is 0 Å². The molecule has 106 valence electrons. The van der Waals surface area contributed by atoms with Crippen molar-refractivity contribution in [1.29, 1.82) is 0 Å². The molecule has 2 rings (SSSR count). The number of hydrogen-bond donors (Lipinski definition) is 1. The van der Waals surface area contributed by atoms with E-state index in [4.69, 9.17) is 17.3 Å². The van der Waals surface area contributed by atoms with E-state index in [1.54, 1.807) is 24.3 Å². The monoisotopic (exact) mass is 317 g/mol. The summed E-state index contributed by atoms with van der Waals surface area (Å²) in [6.07, 6.45) is -4.41. The molecule has 6 heteroatoms. The van der Waals surface area contributed by atoms with Crippen molar-refractivity contribution in [3.05, 3.63) is 58.6 Å². The van der Waals surface area contributed by atoms with E-state index in [1.807, 2.05) is 0 Å². The number of anilines is 1. The normalized spacial score (nSPS) is 11.6. The predicted octanol–water partition coefficient (Wildman–Crippen LogP) is 5.23. The Balaban J connectivity index is 2.19. The molecule has 2 aromatic rings. The number of halogens is 4. The zero-order chi connectivity index (χ0) is 14.8. The van der Waals surface area contributed by atoms with Crippen molar-refractivity contribution in [2.45, 2.75) is 16.8 Å². The fourth-order valence-electron chi connectivity index (χ4n) is 1.64. The largest absolute Gasteiger partial charge is 0.417 e. The maximum Gasteiger partial charge on any atom is 0.417 e. The second kappa shape index (κ2) is 5.97. The van der Waals surface area contributed by atoms with Gasteiger partial charge in [0.15, 0.2) is 0 Å². The van der Waals surface area contributed by atoms with E-state index in [-0.39, 0.29) is 10.6 Å². The van der Waals surface area contributed by atoms with Gasteiger partial charge in [-0.05, 0) is 35.9 Å². The first-order valence-electron chi connectivity index (χ1n) is 5.70. The molecule has 0 amide bonds. The molecule has 20 heavy (non-hydrogen) atoms. The smallest absolute Gasteiger partial charge is 0.399 e. The van der Waals surface area contributed by atoms with Crippen molar-refractivity contribution >= 4 is 29.1 Å². The molecule has 0 unspecified atom stereocenters. The van der Waals surface area contributed by atoms with Gasteiger partial charge in [0, 0.05) is 21.4 Å². The molecule has 0 radical (unpaired) electrons. The first kappa shape index (κ1) is 15.1. The summed E-state index contributed by atoms with van der Waals surface area (Å²) in [5, 5.41) is 0.599. The number of rotatable bonds is 3. The molecule has 0 aromatic heterocycles. The second-order valence-corrected chi connectivity index (χ2v) is 5.62. The Bertz CT molecular complexity index is 596. The summed E-state index contributed by atoms with van der Waals surface area (Å²) in [4.78, 5) is 0.168. The fourth-order valence-corrected chi connectivity index (χ4v) is 2.77. The molecule has 0 heterocycles. The zero-order valence-corrected chi connectivity index (χ0v) is 11.8. The van der Waals surface area contributed by atoms with E-state index in [2.05, 4.69) is 0 Å². The Kier molecular flexibility index (Phi) is 4.50. The summed E-state index contributed by atoms with van der Waals surface area (Å²) in [6.45, 7) is 0. The summed E-state index contributed by atoms with van der Waals surface area (Å²) in [7, 11) is 0. The molecule has 0 saturated heterocycles. The first-order chi connectivity index (χ1) is 9.36. The molecule has 0 spiro atoms. The minimum Gasteiger partial charge on any atom is -0.399 e. The van der Waals surface area contributed by atoms with Gasteiger partial charge in [0.05, 0.1) is 5.56 Å². The summed E-state index contributed by atoms with van der Waals surface area (Å²) in [5.74, 6) is 0.435. The van der Waals surface area contributed by atoms with Crippen LogP contribution in [-0.2, 0) is 11.9 Å². The van der Waals surface area contributed by atoms with Crippen LogP contribution in [0, 0.1) is 0 Å². The molecule has 2 aromatic carbocycles. The van der Waals surface area contributed by atoms with Gasteiger partial charge in [-0.25, -0.2) is 0 Å². The predicted molar refractivity (Wildman–Crippen MR) is 76.9 cm³/mol. The molecular weight excluding hydrogens is 307 g/mol. The van der Waals surface area contributed by atoms with Gasteiger partial charge in [-0.1, -0.05) is 23.7 Å². The van der Waals surface area contributed by atoms with Crippen molar-refractivity contribution < 1.29 is 13.2 Å². The molecule has 0 aliphatic heterocycles. The summed E-state index contributed by atoms with van der Waals surface area (Å²) in [5.41, 5.74) is 5.74. The Hall–Kier alpha value is -1.33. The molecular formula is C14H11ClF3NS. The van der Waals surface area contributed by atoms with Gasteiger partial charge in [0.25, 0.3) is 0 Å². The van der Waals surface area contributed by atoms with Crippen LogP contribution in [0.1, 0.15) is 11.1 Å². The molecule has 0 atom stereocenters. The summed E-state index contributed by atoms with van der Waals surface area (Å²) in [6, 6.07) is 10.8. The van der Waals surface area contributed by atoms with Gasteiger partial charge < -0.3 is 5.73 Å². The lowest BCUT2D eigenvalue weighted by molar-refractivity contribution is -0.139. The minimum atomic E-state index is -4.41. The van der Waals surface area contributed by atoms with Gasteiger partial charge >= 0.3 is 6.18 Å². The van der Waals surface area contributed by atoms with Gasteiger partial charge in [-0.15, -0.1) is 11.8 Å². The van der Waals surface area contributed by atoms with Crippen LogP contribution in [0.25, 0.3) is 0 Å². The van der Waals surface area contributed by atoms with E-state index in [0.717, 1.165) is 23.4 Å². The van der Waals surface area contributed by atoms with Crippen LogP contribution in [0.5, 0.6) is 0 Å². The van der Waals surface area contributed by atoms with Gasteiger partial charge in [-0.3, -0.25) is 0 Å². The molecule has 0 fully saturated rings. The maximum atomic E-state index is 12.9. The number of thioether (sulfide) groups is 1. The number of alkyl halides is 3. The lowest BCUT2D eigenvalue weighted by atomic mass is 10.2. The van der Waals surface area contributed by atoms with Crippen LogP contribution >= 0.6 is 23.4 Å². The van der Waals surface area contributed by atoms with E-state index in [9.17, 15) is 13.2 Å². The van der Waals surface area contributed by atoms with Crippen molar-refractivity contribution in [2.75, 3.05) is 5.73 Å². The third-order valence-corrected chi connectivity index (χ3v) is 4.01. The van der Waals surface area contributed by atoms with Crippen LogP contribution in [-0.4, -0.2) is 0 Å². The Morgan fingerprint density at radius 1 is 1.05 bits per heavy atom. The highest BCUT2D eigenvalue weighted by atomic mass is 35.5. The SMILES string of the molecule is Nc1ccc(SCc2ccc(Cl)cc2)c(C(F)(F)F)c1. The third-order valence-electron chi connectivity index (χ3n) is 2.62. The van der Waals surface area contributed by atoms with Crippen LogP contribution < -0.4 is 5.73 Å². The first-order valence-corrected chi connectivity index (χ1v) is 7.06. The van der Waals surface area contributed by atoms with E-state index in [0.29, 0.717) is 10.8 Å². The Morgan fingerprint density at radius 2 is 1.70 bits per heavy atom. The lowest BCUT2D eigenvalue weighted by Gasteiger charge is -2.13. The van der Waals surface area contributed by atoms with Crippen LogP contribution in [0.15, 0.2) is 47.4 Å². The quantitative estimate of drug-likeness (QED) is 0.619. The maximum absolute atomic E-state index is 12.9. The van der Waals surface area contributed by atoms with E-state index in [1.165, 1.54) is 12.1 Å². The molecule has 0 bridgehead atoms. The van der Waals surface area contributed by atoms with Crippen LogP contribution in [0.2, 0.25) is 5.02 Å². The number of nitrogens with two attached hydrogens (primary N) is 1. The van der Waals surface area contributed by atoms with E-state index >= 15 is 0 Å². The number of nitrogen functional groups attached to an aromatic ring is 1. The van der Waals surface area contributed by atoms with Gasteiger partial charge in [0.1, 0.15) is 0 Å². The average molecular weight is 318 g/mol. The molecule has 2 N–H and O–H groups in total. The third kappa shape index (κ3) is 3.84. The van der Waals surface area contributed by atoms with Crippen molar-refractivity contribution in [1.82, 2.24) is 0 Å². The van der Waals surface area contributed by atoms with Gasteiger partial charge in [0.2, 0.25) is 0 Å². The van der Waals surface area contributed by atoms with Crippen molar-refractivity contribution in [3.63, 3.8) is 0 Å².